The summed E-state index contributed by atoms with van der Waals surface area (Å²) in [6.07, 6.45) is 0. The monoisotopic (exact) mass is 557 g/mol. The minimum Gasteiger partial charge on any atom is -0.253 e. The van der Waals surface area contributed by atoms with Crippen LogP contribution >= 0.6 is 0 Å². The van der Waals surface area contributed by atoms with E-state index < -0.39 is 0 Å². The number of hydrogen-bond donors (Lipinski definition) is 0. The van der Waals surface area contributed by atoms with E-state index in [1.54, 1.807) is 0 Å². The summed E-state index contributed by atoms with van der Waals surface area (Å²) >= 11 is 0. The van der Waals surface area contributed by atoms with Crippen LogP contribution in [0.3, 0.4) is 0 Å². The topological polar surface area (TPSA) is 12.4 Å². The lowest BCUT2D eigenvalue weighted by Crippen LogP contribution is -1.93. The van der Waals surface area contributed by atoms with Crippen molar-refractivity contribution in [2.24, 2.45) is 4.99 Å². The number of aryl methyl sites for hydroxylation is 2. The highest BCUT2D eigenvalue weighted by molar-refractivity contribution is 6.23. The summed E-state index contributed by atoms with van der Waals surface area (Å²) in [6, 6.07) is 51.5. The predicted octanol–water partition coefficient (Wildman–Crippen LogP) is 12.3. The second kappa shape index (κ2) is 13.8. The highest BCUT2D eigenvalue weighted by Gasteiger charge is 2.10. The third-order valence-electron chi connectivity index (χ3n) is 7.71. The van der Waals surface area contributed by atoms with Gasteiger partial charge in [-0.15, -0.1) is 0 Å². The van der Waals surface area contributed by atoms with Gasteiger partial charge >= 0.3 is 0 Å². The molecule has 0 N–H and O–H groups in total. The van der Waals surface area contributed by atoms with Gasteiger partial charge in [-0.2, -0.15) is 0 Å². The standard InChI is InChI=1S/C25H18.C15H15N.C2H6/c1-17-10-12-19(13-11-17)24-16-20-15-14-18-6-2-3-7-21(18)25(20)23-9-5-4-8-22(23)24;1-12-8-6-7-11-15(12)16-13(2)14-9-4-3-5-10-14;1-2/h2-16H,1H3;3-11H,1-2H3;1-2H3. The molecule has 0 aliphatic heterocycles. The van der Waals surface area contributed by atoms with E-state index in [1.165, 1.54) is 60.1 Å². The summed E-state index contributed by atoms with van der Waals surface area (Å²) in [5, 5.41) is 7.91. The maximum Gasteiger partial charge on any atom is 0.0662 e. The highest BCUT2D eigenvalue weighted by Crippen LogP contribution is 2.38. The van der Waals surface area contributed by atoms with E-state index in [9.17, 15) is 0 Å². The Balaban J connectivity index is 0.000000177. The molecule has 0 aromatic heterocycles. The van der Waals surface area contributed by atoms with Crippen LogP contribution in [0, 0.1) is 13.8 Å². The Morgan fingerprint density at radius 3 is 1.81 bits per heavy atom. The molecular formula is C42H39N. The van der Waals surface area contributed by atoms with Crippen LogP contribution in [0.15, 0.2) is 151 Å². The van der Waals surface area contributed by atoms with Crippen molar-refractivity contribution in [1.82, 2.24) is 0 Å². The Morgan fingerprint density at radius 1 is 0.512 bits per heavy atom. The van der Waals surface area contributed by atoms with E-state index in [-0.39, 0.29) is 0 Å². The van der Waals surface area contributed by atoms with Crippen LogP contribution in [-0.2, 0) is 0 Å². The molecular weight excluding hydrogens is 518 g/mol. The average molecular weight is 558 g/mol. The van der Waals surface area contributed by atoms with E-state index in [1.807, 2.05) is 57.2 Å². The smallest absolute Gasteiger partial charge is 0.0662 e. The van der Waals surface area contributed by atoms with Gasteiger partial charge in [-0.1, -0.05) is 153 Å². The van der Waals surface area contributed by atoms with Crippen LogP contribution in [0.4, 0.5) is 5.69 Å². The fraction of sp³-hybridized carbons (Fsp3) is 0.119. The summed E-state index contributed by atoms with van der Waals surface area (Å²) in [5.74, 6) is 0. The van der Waals surface area contributed by atoms with Gasteiger partial charge < -0.3 is 0 Å². The lowest BCUT2D eigenvalue weighted by Gasteiger charge is -2.13. The Hall–Kier alpha value is -5.01. The van der Waals surface area contributed by atoms with Gasteiger partial charge in [0.2, 0.25) is 0 Å². The molecule has 0 radical (unpaired) electrons. The first-order valence-corrected chi connectivity index (χ1v) is 15.1. The number of fused-ring (bicyclic) bond motifs is 5. The van der Waals surface area contributed by atoms with Gasteiger partial charge in [0.1, 0.15) is 0 Å². The highest BCUT2D eigenvalue weighted by atomic mass is 14.7. The van der Waals surface area contributed by atoms with Crippen molar-refractivity contribution in [3.05, 3.63) is 162 Å². The molecule has 0 fully saturated rings. The van der Waals surface area contributed by atoms with Gasteiger partial charge in [0.25, 0.3) is 0 Å². The van der Waals surface area contributed by atoms with Gasteiger partial charge in [-0.3, -0.25) is 4.99 Å². The van der Waals surface area contributed by atoms with Crippen LogP contribution in [0.25, 0.3) is 43.4 Å². The molecule has 0 amide bonds. The zero-order chi connectivity index (χ0) is 30.2. The summed E-state index contributed by atoms with van der Waals surface area (Å²) in [6.45, 7) is 10.3. The second-order valence-electron chi connectivity index (χ2n) is 10.6. The zero-order valence-corrected chi connectivity index (χ0v) is 25.8. The van der Waals surface area contributed by atoms with Crippen molar-refractivity contribution in [2.45, 2.75) is 34.6 Å². The van der Waals surface area contributed by atoms with E-state index >= 15 is 0 Å². The molecule has 0 saturated heterocycles. The van der Waals surface area contributed by atoms with Crippen LogP contribution in [0.2, 0.25) is 0 Å². The van der Waals surface area contributed by atoms with Gasteiger partial charge in [0.05, 0.1) is 5.69 Å². The largest absolute Gasteiger partial charge is 0.253 e. The summed E-state index contributed by atoms with van der Waals surface area (Å²) < 4.78 is 0. The maximum absolute atomic E-state index is 4.65. The van der Waals surface area contributed by atoms with E-state index in [2.05, 4.69) is 128 Å². The average Bonchev–Trinajstić information content (AvgIpc) is 3.07. The number of rotatable bonds is 3. The van der Waals surface area contributed by atoms with Gasteiger partial charge in [-0.05, 0) is 87.5 Å². The van der Waals surface area contributed by atoms with Crippen LogP contribution < -0.4 is 0 Å². The van der Waals surface area contributed by atoms with Crippen molar-refractivity contribution in [2.75, 3.05) is 0 Å². The molecule has 0 unspecified atom stereocenters. The first-order valence-electron chi connectivity index (χ1n) is 15.1. The normalized spacial score (nSPS) is 11.0. The molecule has 0 bridgehead atoms. The quantitative estimate of drug-likeness (QED) is 0.151. The van der Waals surface area contributed by atoms with Crippen molar-refractivity contribution in [3.63, 3.8) is 0 Å². The minimum absolute atomic E-state index is 1.05. The Kier molecular flexibility index (Phi) is 9.44. The summed E-state index contributed by atoms with van der Waals surface area (Å²) in [7, 11) is 0. The fourth-order valence-corrected chi connectivity index (χ4v) is 5.46. The van der Waals surface area contributed by atoms with Crippen LogP contribution in [0.5, 0.6) is 0 Å². The molecule has 0 spiro atoms. The van der Waals surface area contributed by atoms with E-state index in [0.717, 1.165) is 11.4 Å². The molecule has 0 heterocycles. The molecule has 0 aliphatic carbocycles. The van der Waals surface area contributed by atoms with E-state index in [4.69, 9.17) is 0 Å². The zero-order valence-electron chi connectivity index (χ0n) is 25.8. The lowest BCUT2D eigenvalue weighted by atomic mass is 9.90. The number of hydrogen-bond acceptors (Lipinski definition) is 1. The number of benzene rings is 7. The number of nitrogens with zero attached hydrogens (tertiary/aromatic N) is 1. The van der Waals surface area contributed by atoms with Crippen molar-refractivity contribution >= 4 is 43.7 Å². The first kappa shape index (κ1) is 29.5. The van der Waals surface area contributed by atoms with Crippen LogP contribution in [0.1, 0.15) is 37.5 Å². The van der Waals surface area contributed by atoms with Crippen molar-refractivity contribution in [1.29, 1.82) is 0 Å². The Bertz CT molecular complexity index is 2000. The van der Waals surface area contributed by atoms with Crippen molar-refractivity contribution < 1.29 is 0 Å². The molecule has 0 saturated carbocycles. The Morgan fingerprint density at radius 2 is 1.09 bits per heavy atom. The second-order valence-corrected chi connectivity index (χ2v) is 10.6. The molecule has 7 rings (SSSR count). The lowest BCUT2D eigenvalue weighted by molar-refractivity contribution is 1.38. The molecule has 43 heavy (non-hydrogen) atoms. The minimum atomic E-state index is 1.05. The number of para-hydroxylation sites is 1. The molecule has 0 aliphatic rings. The Labute approximate surface area is 256 Å². The predicted molar refractivity (Wildman–Crippen MR) is 190 cm³/mol. The van der Waals surface area contributed by atoms with E-state index in [0.29, 0.717) is 0 Å². The summed E-state index contributed by atoms with van der Waals surface area (Å²) in [4.78, 5) is 4.65. The molecule has 212 valence electrons. The van der Waals surface area contributed by atoms with Gasteiger partial charge in [-0.25, -0.2) is 0 Å². The van der Waals surface area contributed by atoms with Gasteiger partial charge in [0, 0.05) is 5.71 Å². The number of aliphatic imine (C=N–C) groups is 1. The summed E-state index contributed by atoms with van der Waals surface area (Å²) in [5.41, 5.74) is 8.34. The van der Waals surface area contributed by atoms with Crippen molar-refractivity contribution in [3.8, 4) is 11.1 Å². The molecule has 1 nitrogen and oxygen atoms in total. The SMILES string of the molecule is CC.CC(=Nc1ccccc1C)c1ccccc1.Cc1ccc(-c2cc3ccc4ccccc4c3c3ccccc23)cc1. The maximum atomic E-state index is 4.65. The molecule has 1 heteroatoms. The van der Waals surface area contributed by atoms with Gasteiger partial charge in [0.15, 0.2) is 0 Å². The molecule has 7 aromatic carbocycles. The third-order valence-corrected chi connectivity index (χ3v) is 7.71. The fourth-order valence-electron chi connectivity index (χ4n) is 5.46. The first-order chi connectivity index (χ1) is 21.1. The molecule has 7 aromatic rings. The third kappa shape index (κ3) is 6.58. The van der Waals surface area contributed by atoms with Crippen LogP contribution in [-0.4, -0.2) is 5.71 Å². The molecule has 0 atom stereocenters.